The van der Waals surface area contributed by atoms with Crippen LogP contribution >= 0.6 is 11.6 Å². The van der Waals surface area contributed by atoms with Crippen molar-refractivity contribution < 1.29 is 14.6 Å². The van der Waals surface area contributed by atoms with Crippen LogP contribution in [0, 0.1) is 0 Å². The molecule has 202 valence electrons. The summed E-state index contributed by atoms with van der Waals surface area (Å²) in [5.74, 6) is 0.875. The van der Waals surface area contributed by atoms with Gasteiger partial charge in [0.2, 0.25) is 0 Å². The second-order valence-electron chi connectivity index (χ2n) is 11.1. The van der Waals surface area contributed by atoms with Crippen LogP contribution < -0.4 is 5.32 Å². The molecule has 0 spiro atoms. The Morgan fingerprint density at radius 1 is 1.16 bits per heavy atom. The molecular formula is C31H38ClN3O3. The third kappa shape index (κ3) is 6.86. The maximum Gasteiger partial charge on any atom is 0.407 e. The number of likely N-dealkylation sites (tertiary alicyclic amines) is 1. The number of halogens is 1. The van der Waals surface area contributed by atoms with Gasteiger partial charge in [0.25, 0.3) is 0 Å². The summed E-state index contributed by atoms with van der Waals surface area (Å²) < 4.78 is 5.24. The van der Waals surface area contributed by atoms with Crippen LogP contribution in [0.4, 0.5) is 10.6 Å². The van der Waals surface area contributed by atoms with Crippen LogP contribution in [0.3, 0.4) is 0 Å². The molecule has 7 heteroatoms. The molecule has 4 rings (SSSR count). The van der Waals surface area contributed by atoms with E-state index < -0.39 is 6.09 Å². The lowest BCUT2D eigenvalue weighted by atomic mass is 9.77. The maximum atomic E-state index is 11.9. The number of hydrogen-bond acceptors (Lipinski definition) is 4. The van der Waals surface area contributed by atoms with Crippen LogP contribution in [-0.4, -0.2) is 53.4 Å². The number of methoxy groups -OCH3 is 1. The van der Waals surface area contributed by atoms with Crippen LogP contribution in [0.5, 0.6) is 0 Å². The largest absolute Gasteiger partial charge is 0.465 e. The number of rotatable bonds is 8. The predicted molar refractivity (Wildman–Crippen MR) is 154 cm³/mol. The van der Waals surface area contributed by atoms with Crippen molar-refractivity contribution in [3.05, 3.63) is 82.5 Å². The van der Waals surface area contributed by atoms with E-state index in [0.29, 0.717) is 24.5 Å². The van der Waals surface area contributed by atoms with Crippen LogP contribution in [0.15, 0.2) is 60.8 Å². The third-order valence-electron chi connectivity index (χ3n) is 7.12. The molecule has 1 aromatic heterocycles. The molecule has 2 heterocycles. The fraction of sp³-hybridized carbons (Fsp3) is 0.419. The number of anilines is 1. The zero-order chi connectivity index (χ0) is 27.3. The monoisotopic (exact) mass is 535 g/mol. The number of nitrogens with one attached hydrogen (secondary N) is 1. The number of carboxylic acid groups (broad SMARTS) is 1. The topological polar surface area (TPSA) is 74.7 Å². The summed E-state index contributed by atoms with van der Waals surface area (Å²) in [5, 5.41) is 13.8. The number of piperidine rings is 1. The minimum atomic E-state index is -0.894. The summed E-state index contributed by atoms with van der Waals surface area (Å²) in [4.78, 5) is 18.0. The first-order valence-corrected chi connectivity index (χ1v) is 13.6. The molecule has 0 saturated carbocycles. The van der Waals surface area contributed by atoms with Crippen molar-refractivity contribution in [1.29, 1.82) is 0 Å². The molecular weight excluding hydrogens is 498 g/mol. The predicted octanol–water partition coefficient (Wildman–Crippen LogP) is 7.44. The average molecular weight is 536 g/mol. The van der Waals surface area contributed by atoms with E-state index in [9.17, 15) is 9.90 Å². The van der Waals surface area contributed by atoms with Gasteiger partial charge < -0.3 is 20.1 Å². The third-order valence-corrected chi connectivity index (χ3v) is 7.45. The van der Waals surface area contributed by atoms with Crippen molar-refractivity contribution in [2.45, 2.75) is 57.4 Å². The molecule has 3 aromatic rings. The molecule has 2 unspecified atom stereocenters. The first-order chi connectivity index (χ1) is 18.2. The van der Waals surface area contributed by atoms with Crippen molar-refractivity contribution in [1.82, 2.24) is 9.88 Å². The van der Waals surface area contributed by atoms with Gasteiger partial charge in [0, 0.05) is 49.5 Å². The lowest BCUT2D eigenvalue weighted by Gasteiger charge is -2.38. The SMILES string of the molecule is COCCCc1ccccc1-c1ccc(C2CN(C(=O)O)CCC2c2ccc(NC(C)(C)C)nc2)c(Cl)c1. The lowest BCUT2D eigenvalue weighted by molar-refractivity contribution is 0.125. The Hall–Kier alpha value is -3.09. The standard InChI is InChI=1S/C31H38ClN3O3/c1-31(2,3)34-29-14-12-23(19-33-29)25-15-16-35(30(36)37)20-27(25)26-13-11-22(18-28(26)32)24-10-6-5-8-21(24)9-7-17-38-4/h5-6,8,10-14,18-19,25,27H,7,9,15-17,20H2,1-4H3,(H,33,34)(H,36,37). The van der Waals surface area contributed by atoms with E-state index >= 15 is 0 Å². The highest BCUT2D eigenvalue weighted by atomic mass is 35.5. The Kier molecular flexibility index (Phi) is 8.95. The number of nitrogens with zero attached hydrogens (tertiary/aromatic N) is 2. The Balaban J connectivity index is 1.64. The summed E-state index contributed by atoms with van der Waals surface area (Å²) in [6.07, 6.45) is 3.61. The van der Waals surface area contributed by atoms with Crippen LogP contribution in [-0.2, 0) is 11.2 Å². The molecule has 0 radical (unpaired) electrons. The minimum absolute atomic E-state index is 0.0680. The van der Waals surface area contributed by atoms with Gasteiger partial charge in [-0.25, -0.2) is 9.78 Å². The van der Waals surface area contributed by atoms with Crippen molar-refractivity contribution >= 4 is 23.5 Å². The van der Waals surface area contributed by atoms with Gasteiger partial charge >= 0.3 is 6.09 Å². The Bertz CT molecular complexity index is 1240. The summed E-state index contributed by atoms with van der Waals surface area (Å²) in [6.45, 7) is 7.91. The van der Waals surface area contributed by atoms with Gasteiger partial charge in [-0.15, -0.1) is 0 Å². The van der Waals surface area contributed by atoms with Crippen molar-refractivity contribution in [2.24, 2.45) is 0 Å². The number of amides is 1. The fourth-order valence-electron chi connectivity index (χ4n) is 5.34. The highest BCUT2D eigenvalue weighted by Crippen LogP contribution is 2.43. The Morgan fingerprint density at radius 3 is 2.61 bits per heavy atom. The number of benzene rings is 2. The second-order valence-corrected chi connectivity index (χ2v) is 11.5. The summed E-state index contributed by atoms with van der Waals surface area (Å²) in [7, 11) is 1.72. The minimum Gasteiger partial charge on any atom is -0.465 e. The van der Waals surface area contributed by atoms with E-state index in [4.69, 9.17) is 16.3 Å². The average Bonchev–Trinajstić information content (AvgIpc) is 2.88. The van der Waals surface area contributed by atoms with Gasteiger partial charge in [-0.3, -0.25) is 0 Å². The first-order valence-electron chi connectivity index (χ1n) is 13.2. The second kappa shape index (κ2) is 12.2. The van der Waals surface area contributed by atoms with E-state index in [1.54, 1.807) is 7.11 Å². The van der Waals surface area contributed by atoms with E-state index in [2.05, 4.69) is 67.5 Å². The van der Waals surface area contributed by atoms with Gasteiger partial charge in [0.05, 0.1) is 0 Å². The smallest absolute Gasteiger partial charge is 0.407 e. The molecule has 38 heavy (non-hydrogen) atoms. The normalized spacial score (nSPS) is 17.9. The van der Waals surface area contributed by atoms with Gasteiger partial charge in [-0.1, -0.05) is 54.1 Å². The quantitative estimate of drug-likeness (QED) is 0.293. The van der Waals surface area contributed by atoms with Crippen LogP contribution in [0.1, 0.15) is 62.1 Å². The number of ether oxygens (including phenoxy) is 1. The molecule has 6 nitrogen and oxygen atoms in total. The molecule has 1 saturated heterocycles. The number of hydrogen-bond donors (Lipinski definition) is 2. The molecule has 0 bridgehead atoms. The molecule has 2 N–H and O–H groups in total. The fourth-order valence-corrected chi connectivity index (χ4v) is 5.67. The number of aromatic nitrogens is 1. The van der Waals surface area contributed by atoms with Gasteiger partial charge in [0.15, 0.2) is 0 Å². The van der Waals surface area contributed by atoms with Gasteiger partial charge in [-0.2, -0.15) is 0 Å². The molecule has 1 aliphatic rings. The molecule has 0 aliphatic carbocycles. The van der Waals surface area contributed by atoms with Gasteiger partial charge in [-0.05, 0) is 85.9 Å². The van der Waals surface area contributed by atoms with Crippen LogP contribution in [0.25, 0.3) is 11.1 Å². The molecule has 2 atom stereocenters. The molecule has 2 aromatic carbocycles. The maximum absolute atomic E-state index is 11.9. The molecule has 1 amide bonds. The lowest BCUT2D eigenvalue weighted by Crippen LogP contribution is -2.41. The van der Waals surface area contributed by atoms with Gasteiger partial charge in [0.1, 0.15) is 5.82 Å². The Morgan fingerprint density at radius 2 is 1.95 bits per heavy atom. The number of carbonyl (C=O) groups is 1. The number of aryl methyl sites for hydroxylation is 1. The summed E-state index contributed by atoms with van der Waals surface area (Å²) in [5.41, 5.74) is 5.48. The molecule has 1 aliphatic heterocycles. The zero-order valence-corrected chi connectivity index (χ0v) is 23.5. The van der Waals surface area contributed by atoms with E-state index in [1.165, 1.54) is 10.5 Å². The van der Waals surface area contributed by atoms with Crippen LogP contribution in [0.2, 0.25) is 5.02 Å². The summed E-state index contributed by atoms with van der Waals surface area (Å²) >= 11 is 6.96. The highest BCUT2D eigenvalue weighted by Gasteiger charge is 2.35. The zero-order valence-electron chi connectivity index (χ0n) is 22.7. The summed E-state index contributed by atoms with van der Waals surface area (Å²) in [6, 6.07) is 18.7. The van der Waals surface area contributed by atoms with E-state index in [1.807, 2.05) is 24.4 Å². The molecule has 1 fully saturated rings. The Labute approximate surface area is 231 Å². The van der Waals surface area contributed by atoms with Crippen molar-refractivity contribution in [3.8, 4) is 11.1 Å². The number of pyridine rings is 1. The van der Waals surface area contributed by atoms with Crippen molar-refractivity contribution in [3.63, 3.8) is 0 Å². The van der Waals surface area contributed by atoms with Crippen molar-refractivity contribution in [2.75, 3.05) is 32.1 Å². The first kappa shape index (κ1) is 27.9. The van der Waals surface area contributed by atoms with E-state index in [0.717, 1.165) is 47.5 Å². The highest BCUT2D eigenvalue weighted by molar-refractivity contribution is 6.31. The van der Waals surface area contributed by atoms with E-state index in [-0.39, 0.29) is 17.4 Å².